The number of likely N-dealkylation sites (tertiary alicyclic amines) is 1. The van der Waals surface area contributed by atoms with Gasteiger partial charge in [-0.3, -0.25) is 24.2 Å². The molecule has 5 nitrogen and oxygen atoms in total. The molecular weight excluding hydrogens is 516 g/mol. The number of anilines is 1. The molecule has 0 aromatic heterocycles. The Kier molecular flexibility index (Phi) is 5.23. The fourth-order valence-electron chi connectivity index (χ4n) is 6.40. The molecule has 7 heteroatoms. The number of imide groups is 1. The van der Waals surface area contributed by atoms with Gasteiger partial charge in [-0.25, -0.2) is 0 Å². The highest BCUT2D eigenvalue weighted by atomic mass is 79.9. The van der Waals surface area contributed by atoms with Gasteiger partial charge in [0.2, 0.25) is 11.8 Å². The molecular formula is C27H24BrClN2O3. The fraction of sp³-hybridized carbons (Fsp3) is 0.370. The maximum absolute atomic E-state index is 13.7. The van der Waals surface area contributed by atoms with Crippen LogP contribution >= 0.6 is 27.5 Å². The maximum Gasteiger partial charge on any atom is 0.259 e. The van der Waals surface area contributed by atoms with Gasteiger partial charge in [0.15, 0.2) is 0 Å². The second-order valence-electron chi connectivity index (χ2n) is 9.77. The number of amides is 3. The number of allylic oxidation sites excluding steroid dienone is 2. The summed E-state index contributed by atoms with van der Waals surface area (Å²) in [5.74, 6) is 0.279. The van der Waals surface area contributed by atoms with Gasteiger partial charge < -0.3 is 0 Å². The standard InChI is InChI=1S/C27H24BrClN2O3/c1-2-14-11-16(28)5-10-22(14)30(25(32)15-3-6-17(29)7-4-15)13-31-26(33)23-18-8-9-19(21-12-20(18)21)24(23)27(31)34/h3-11,18-21,23-24H,2,12-13H2,1H3. The summed E-state index contributed by atoms with van der Waals surface area (Å²) in [4.78, 5) is 43.8. The molecule has 0 radical (unpaired) electrons. The average Bonchev–Trinajstić information content (AvgIpc) is 3.63. The number of hydrogen-bond acceptors (Lipinski definition) is 3. The lowest BCUT2D eigenvalue weighted by molar-refractivity contribution is -0.140. The number of rotatable bonds is 5. The van der Waals surface area contributed by atoms with Crippen LogP contribution in [-0.2, 0) is 16.0 Å². The van der Waals surface area contributed by atoms with Crippen molar-refractivity contribution in [1.82, 2.24) is 4.90 Å². The molecule has 6 atom stereocenters. The Morgan fingerprint density at radius 2 is 1.65 bits per heavy atom. The summed E-state index contributed by atoms with van der Waals surface area (Å²) in [6.45, 7) is 1.93. The maximum atomic E-state index is 13.7. The number of halogens is 2. The summed E-state index contributed by atoms with van der Waals surface area (Å²) in [5.41, 5.74) is 2.11. The van der Waals surface area contributed by atoms with E-state index in [9.17, 15) is 14.4 Å². The molecule has 2 bridgehead atoms. The van der Waals surface area contributed by atoms with Gasteiger partial charge >= 0.3 is 0 Å². The van der Waals surface area contributed by atoms with E-state index in [1.54, 1.807) is 29.2 Å². The predicted octanol–water partition coefficient (Wildman–Crippen LogP) is 5.32. The minimum Gasteiger partial charge on any atom is -0.289 e. The zero-order valence-electron chi connectivity index (χ0n) is 18.7. The molecule has 7 rings (SSSR count). The molecule has 0 spiro atoms. The molecule has 3 amide bonds. The molecule has 34 heavy (non-hydrogen) atoms. The molecule has 5 aliphatic rings. The average molecular weight is 540 g/mol. The third-order valence-electron chi connectivity index (χ3n) is 8.09. The Morgan fingerprint density at radius 1 is 1.03 bits per heavy atom. The van der Waals surface area contributed by atoms with Crippen molar-refractivity contribution in [3.8, 4) is 0 Å². The number of carbonyl (C=O) groups excluding carboxylic acids is 3. The van der Waals surface area contributed by atoms with Crippen LogP contribution in [0.3, 0.4) is 0 Å². The van der Waals surface area contributed by atoms with Crippen molar-refractivity contribution in [1.29, 1.82) is 0 Å². The first kappa shape index (κ1) is 22.1. The first-order valence-electron chi connectivity index (χ1n) is 11.8. The lowest BCUT2D eigenvalue weighted by Crippen LogP contribution is -2.45. The van der Waals surface area contributed by atoms with Gasteiger partial charge in [0.05, 0.1) is 11.8 Å². The molecule has 1 saturated heterocycles. The Balaban J connectivity index is 1.37. The van der Waals surface area contributed by atoms with E-state index in [4.69, 9.17) is 11.6 Å². The molecule has 3 fully saturated rings. The molecule has 2 saturated carbocycles. The van der Waals surface area contributed by atoms with Crippen LogP contribution in [0.4, 0.5) is 5.69 Å². The van der Waals surface area contributed by atoms with Gasteiger partial charge in [0.25, 0.3) is 5.91 Å². The van der Waals surface area contributed by atoms with Crippen molar-refractivity contribution in [2.24, 2.45) is 35.5 Å². The van der Waals surface area contributed by atoms with Crippen LogP contribution in [0.2, 0.25) is 5.02 Å². The highest BCUT2D eigenvalue weighted by Gasteiger charge is 2.67. The predicted molar refractivity (Wildman–Crippen MR) is 133 cm³/mol. The zero-order chi connectivity index (χ0) is 23.7. The Bertz CT molecular complexity index is 1210. The van der Waals surface area contributed by atoms with Crippen LogP contribution in [0.5, 0.6) is 0 Å². The number of carbonyl (C=O) groups is 3. The topological polar surface area (TPSA) is 57.7 Å². The van der Waals surface area contributed by atoms with Crippen molar-refractivity contribution >= 4 is 50.9 Å². The smallest absolute Gasteiger partial charge is 0.259 e. The molecule has 1 heterocycles. The van der Waals surface area contributed by atoms with E-state index in [0.29, 0.717) is 34.5 Å². The normalized spacial score (nSPS) is 30.4. The SMILES string of the molecule is CCc1cc(Br)ccc1N(CN1C(=O)C2C3C=CC(C4CC34)C2C1=O)C(=O)c1ccc(Cl)cc1. The molecule has 6 unspecified atom stereocenters. The Hall–Kier alpha value is -2.44. The summed E-state index contributed by atoms with van der Waals surface area (Å²) in [7, 11) is 0. The van der Waals surface area contributed by atoms with Crippen molar-refractivity contribution in [2.45, 2.75) is 19.8 Å². The van der Waals surface area contributed by atoms with Crippen LogP contribution in [-0.4, -0.2) is 29.3 Å². The van der Waals surface area contributed by atoms with E-state index in [1.807, 2.05) is 25.1 Å². The zero-order valence-corrected chi connectivity index (χ0v) is 21.0. The minimum absolute atomic E-state index is 0.0878. The first-order valence-corrected chi connectivity index (χ1v) is 13.0. The Morgan fingerprint density at radius 3 is 2.24 bits per heavy atom. The second kappa shape index (κ2) is 8.06. The highest BCUT2D eigenvalue weighted by molar-refractivity contribution is 9.10. The molecule has 2 aromatic rings. The lowest BCUT2D eigenvalue weighted by atomic mass is 9.63. The molecule has 1 aliphatic heterocycles. The fourth-order valence-corrected chi connectivity index (χ4v) is 6.93. The van der Waals surface area contributed by atoms with E-state index < -0.39 is 0 Å². The van der Waals surface area contributed by atoms with Crippen LogP contribution in [0, 0.1) is 35.5 Å². The summed E-state index contributed by atoms with van der Waals surface area (Å²) in [6.07, 6.45) is 6.14. The van der Waals surface area contributed by atoms with Crippen molar-refractivity contribution < 1.29 is 14.4 Å². The van der Waals surface area contributed by atoms with Crippen LogP contribution in [0.1, 0.15) is 29.3 Å². The third kappa shape index (κ3) is 3.29. The quantitative estimate of drug-likeness (QED) is 0.382. The summed E-state index contributed by atoms with van der Waals surface area (Å²) < 4.78 is 0.910. The van der Waals surface area contributed by atoms with Gasteiger partial charge in [-0.2, -0.15) is 0 Å². The Labute approximate surface area is 211 Å². The van der Waals surface area contributed by atoms with E-state index >= 15 is 0 Å². The lowest BCUT2D eigenvalue weighted by Gasteiger charge is -2.37. The minimum atomic E-state index is -0.283. The summed E-state index contributed by atoms with van der Waals surface area (Å²) in [5, 5.41) is 0.538. The van der Waals surface area contributed by atoms with E-state index in [-0.39, 0.29) is 48.1 Å². The molecule has 174 valence electrons. The van der Waals surface area contributed by atoms with Gasteiger partial charge in [0, 0.05) is 20.7 Å². The second-order valence-corrected chi connectivity index (χ2v) is 11.1. The molecule has 0 N–H and O–H groups in total. The first-order chi connectivity index (χ1) is 16.4. The van der Waals surface area contributed by atoms with Gasteiger partial charge in [-0.05, 0) is 84.5 Å². The van der Waals surface area contributed by atoms with Crippen LogP contribution in [0.25, 0.3) is 0 Å². The summed E-state index contributed by atoms with van der Waals surface area (Å²) in [6, 6.07) is 12.4. The largest absolute Gasteiger partial charge is 0.289 e. The number of nitrogens with zero attached hydrogens (tertiary/aromatic N) is 2. The summed E-state index contributed by atoms with van der Waals surface area (Å²) >= 11 is 9.55. The number of hydrogen-bond donors (Lipinski definition) is 0. The van der Waals surface area contributed by atoms with Crippen LogP contribution < -0.4 is 4.90 Å². The van der Waals surface area contributed by atoms with Gasteiger partial charge in [0.1, 0.15) is 6.67 Å². The monoisotopic (exact) mass is 538 g/mol. The van der Waals surface area contributed by atoms with Gasteiger partial charge in [-0.1, -0.05) is 46.6 Å². The number of benzene rings is 2. The third-order valence-corrected chi connectivity index (χ3v) is 8.83. The molecule has 4 aliphatic carbocycles. The van der Waals surface area contributed by atoms with Crippen molar-refractivity contribution in [3.05, 3.63) is 75.2 Å². The van der Waals surface area contributed by atoms with E-state index in [0.717, 1.165) is 16.5 Å². The van der Waals surface area contributed by atoms with Crippen molar-refractivity contribution in [3.63, 3.8) is 0 Å². The van der Waals surface area contributed by atoms with Crippen LogP contribution in [0.15, 0.2) is 59.1 Å². The molecule has 2 aromatic carbocycles. The van der Waals surface area contributed by atoms with E-state index in [1.165, 1.54) is 4.90 Å². The van der Waals surface area contributed by atoms with E-state index in [2.05, 4.69) is 28.1 Å². The number of aryl methyl sites for hydroxylation is 1. The van der Waals surface area contributed by atoms with Crippen molar-refractivity contribution in [2.75, 3.05) is 11.6 Å². The highest BCUT2D eigenvalue weighted by Crippen LogP contribution is 2.65. The van der Waals surface area contributed by atoms with Gasteiger partial charge in [-0.15, -0.1) is 0 Å².